The van der Waals surface area contributed by atoms with Crippen molar-refractivity contribution >= 4 is 23.8 Å². The van der Waals surface area contributed by atoms with E-state index in [0.29, 0.717) is 23.1 Å². The predicted octanol–water partition coefficient (Wildman–Crippen LogP) is 4.93. The van der Waals surface area contributed by atoms with Gasteiger partial charge in [0.05, 0.1) is 12.0 Å². The molecular weight excluding hydrogens is 422 g/mol. The Kier molecular flexibility index (Phi) is 5.19. The molecule has 0 aliphatic carbocycles. The molecule has 1 N–H and O–H groups in total. The van der Waals surface area contributed by atoms with Gasteiger partial charge in [-0.05, 0) is 73.7 Å². The highest BCUT2D eigenvalue weighted by Gasteiger charge is 2.39. The molecule has 3 heterocycles. The molecule has 32 heavy (non-hydrogen) atoms. The molecule has 1 atom stereocenters. The molecule has 1 aliphatic rings. The highest BCUT2D eigenvalue weighted by Crippen LogP contribution is 2.37. The second-order valence-corrected chi connectivity index (χ2v) is 8.73. The molecule has 0 radical (unpaired) electrons. The van der Waals surface area contributed by atoms with Crippen LogP contribution in [0.5, 0.6) is 0 Å². The Bertz CT molecular complexity index is 1300. The van der Waals surface area contributed by atoms with Crippen molar-refractivity contribution in [2.45, 2.75) is 38.8 Å². The number of hydrogen-bond acceptors (Lipinski definition) is 4. The third kappa shape index (κ3) is 3.76. The van der Waals surface area contributed by atoms with E-state index in [-0.39, 0.29) is 0 Å². The highest BCUT2D eigenvalue weighted by atomic mass is 35.5. The van der Waals surface area contributed by atoms with Gasteiger partial charge in [-0.3, -0.25) is 0 Å². The Hall–Kier alpha value is -3.22. The van der Waals surface area contributed by atoms with Crippen LogP contribution < -0.4 is 0 Å². The molecule has 0 saturated heterocycles. The van der Waals surface area contributed by atoms with Gasteiger partial charge in [0, 0.05) is 23.5 Å². The summed E-state index contributed by atoms with van der Waals surface area (Å²) >= 11 is 6.03. The van der Waals surface area contributed by atoms with E-state index in [1.165, 1.54) is 0 Å². The summed E-state index contributed by atoms with van der Waals surface area (Å²) in [7, 11) is 0. The maximum atomic E-state index is 11.5. The maximum Gasteiger partial charge on any atom is 0.174 e. The maximum absolute atomic E-state index is 11.5. The lowest BCUT2D eigenvalue weighted by Gasteiger charge is -2.31. The Morgan fingerprint density at radius 3 is 2.62 bits per heavy atom. The van der Waals surface area contributed by atoms with Crippen LogP contribution in [-0.2, 0) is 12.1 Å². The fourth-order valence-corrected chi connectivity index (χ4v) is 4.41. The summed E-state index contributed by atoms with van der Waals surface area (Å²) in [6.45, 7) is 4.81. The summed E-state index contributed by atoms with van der Waals surface area (Å²) in [6.07, 6.45) is 9.16. The normalized spacial score (nSPS) is 18.2. The fourth-order valence-electron chi connectivity index (χ4n) is 4.28. The number of aryl methyl sites for hydroxylation is 3. The molecule has 5 rings (SSSR count). The zero-order valence-electron chi connectivity index (χ0n) is 18.0. The lowest BCUT2D eigenvalue weighted by molar-refractivity contribution is 0.0395. The smallest absolute Gasteiger partial charge is 0.174 e. The zero-order chi connectivity index (χ0) is 22.3. The Labute approximate surface area is 191 Å². The molecule has 7 heteroatoms. The molecule has 0 amide bonds. The van der Waals surface area contributed by atoms with Crippen molar-refractivity contribution in [2.75, 3.05) is 0 Å². The van der Waals surface area contributed by atoms with Gasteiger partial charge in [-0.2, -0.15) is 5.10 Å². The van der Waals surface area contributed by atoms with E-state index in [4.69, 9.17) is 11.6 Å². The number of fused-ring (bicyclic) bond motifs is 1. The minimum absolute atomic E-state index is 0.577. The van der Waals surface area contributed by atoms with Gasteiger partial charge < -0.3 is 9.67 Å². The van der Waals surface area contributed by atoms with Crippen molar-refractivity contribution in [1.29, 1.82) is 0 Å². The molecule has 0 fully saturated rings. The molecular formula is C25H24ClN5O. The average molecular weight is 446 g/mol. The monoisotopic (exact) mass is 445 g/mol. The van der Waals surface area contributed by atoms with Crippen molar-refractivity contribution in [2.24, 2.45) is 0 Å². The van der Waals surface area contributed by atoms with E-state index in [2.05, 4.69) is 40.2 Å². The number of imidazole rings is 1. The Balaban J connectivity index is 1.42. The molecule has 1 aliphatic heterocycles. The van der Waals surface area contributed by atoms with E-state index in [0.717, 1.165) is 41.0 Å². The summed E-state index contributed by atoms with van der Waals surface area (Å²) in [4.78, 5) is 8.98. The highest BCUT2D eigenvalue weighted by molar-refractivity contribution is 6.30. The van der Waals surface area contributed by atoms with Gasteiger partial charge in [0.1, 0.15) is 5.60 Å². The average Bonchev–Trinajstić information content (AvgIpc) is 3.40. The first-order valence-corrected chi connectivity index (χ1v) is 11.0. The summed E-state index contributed by atoms with van der Waals surface area (Å²) in [5.41, 5.74) is 3.92. The van der Waals surface area contributed by atoms with Crippen molar-refractivity contribution < 1.29 is 5.11 Å². The van der Waals surface area contributed by atoms with Gasteiger partial charge in [-0.25, -0.2) is 14.6 Å². The lowest BCUT2D eigenvalue weighted by Crippen LogP contribution is -2.35. The molecule has 0 saturated carbocycles. The van der Waals surface area contributed by atoms with E-state index in [9.17, 15) is 5.11 Å². The van der Waals surface area contributed by atoms with E-state index >= 15 is 0 Å². The topological polar surface area (TPSA) is 68.8 Å². The van der Waals surface area contributed by atoms with Crippen molar-refractivity contribution in [3.63, 3.8) is 0 Å². The van der Waals surface area contributed by atoms with Gasteiger partial charge in [-0.15, -0.1) is 0 Å². The van der Waals surface area contributed by atoms with Crippen LogP contribution in [0.15, 0.2) is 55.0 Å². The van der Waals surface area contributed by atoms with Crippen LogP contribution in [0.1, 0.15) is 46.9 Å². The van der Waals surface area contributed by atoms with E-state index < -0.39 is 5.60 Å². The third-order valence-electron chi connectivity index (χ3n) is 5.92. The third-order valence-corrected chi connectivity index (χ3v) is 6.18. The van der Waals surface area contributed by atoms with Gasteiger partial charge in [0.25, 0.3) is 0 Å². The van der Waals surface area contributed by atoms with Crippen LogP contribution in [0.2, 0.25) is 5.02 Å². The first kappa shape index (κ1) is 20.7. The molecule has 0 bridgehead atoms. The number of rotatable bonds is 4. The molecule has 162 valence electrons. The Morgan fingerprint density at radius 2 is 1.91 bits per heavy atom. The van der Waals surface area contributed by atoms with Gasteiger partial charge in [0.2, 0.25) is 0 Å². The second kappa shape index (κ2) is 8.04. The van der Waals surface area contributed by atoms with Crippen molar-refractivity contribution in [3.8, 4) is 5.69 Å². The largest absolute Gasteiger partial charge is 0.377 e. The summed E-state index contributed by atoms with van der Waals surface area (Å²) in [6, 6.07) is 13.6. The second-order valence-electron chi connectivity index (χ2n) is 8.29. The number of nitrogens with zero attached hydrogens (tertiary/aromatic N) is 5. The summed E-state index contributed by atoms with van der Waals surface area (Å²) in [5.74, 6) is 1.16. The molecule has 6 nitrogen and oxygen atoms in total. The van der Waals surface area contributed by atoms with E-state index in [1.807, 2.05) is 53.0 Å². The molecule has 0 unspecified atom stereocenters. The van der Waals surface area contributed by atoms with Crippen molar-refractivity contribution in [1.82, 2.24) is 24.3 Å². The van der Waals surface area contributed by atoms with E-state index in [1.54, 1.807) is 12.1 Å². The number of aliphatic hydroxyl groups is 1. The van der Waals surface area contributed by atoms with Crippen LogP contribution in [0.3, 0.4) is 0 Å². The number of halogens is 1. The van der Waals surface area contributed by atoms with Gasteiger partial charge >= 0.3 is 0 Å². The first-order valence-electron chi connectivity index (χ1n) is 10.7. The standard InChI is InChI=1S/C25H24ClN5O/c1-17-14-19(4-10-22(17)30-15-18(2)27-16-30)5-11-23-28-24-25(32,12-3-13-31(24)29-23)20-6-8-21(26)9-7-20/h4-11,14-16,32H,3,12-13H2,1-2H3/b11-5+/t25-/m1/s1. The van der Waals surface area contributed by atoms with Gasteiger partial charge in [-0.1, -0.05) is 35.9 Å². The molecule has 2 aromatic heterocycles. The number of benzene rings is 2. The molecule has 0 spiro atoms. The minimum Gasteiger partial charge on any atom is -0.377 e. The van der Waals surface area contributed by atoms with Crippen LogP contribution >= 0.6 is 11.6 Å². The Morgan fingerprint density at radius 1 is 1.09 bits per heavy atom. The number of aromatic nitrogens is 5. The molecule has 4 aromatic rings. The summed E-state index contributed by atoms with van der Waals surface area (Å²) < 4.78 is 3.84. The molecule has 2 aromatic carbocycles. The van der Waals surface area contributed by atoms with Gasteiger partial charge in [0.15, 0.2) is 11.6 Å². The zero-order valence-corrected chi connectivity index (χ0v) is 18.8. The summed E-state index contributed by atoms with van der Waals surface area (Å²) in [5, 5.41) is 16.7. The van der Waals surface area contributed by atoms with Crippen LogP contribution in [0, 0.1) is 13.8 Å². The SMILES string of the molecule is Cc1cn(-c2ccc(/C=C/c3nc4n(n3)CCC[C@@]4(O)c3ccc(Cl)cc3)cc2C)cn1. The number of hydrogen-bond donors (Lipinski definition) is 1. The van der Waals surface area contributed by atoms with Crippen LogP contribution in [-0.4, -0.2) is 29.4 Å². The van der Waals surface area contributed by atoms with Crippen LogP contribution in [0.4, 0.5) is 0 Å². The lowest BCUT2D eigenvalue weighted by atomic mass is 9.86. The predicted molar refractivity (Wildman–Crippen MR) is 126 cm³/mol. The first-order chi connectivity index (χ1) is 15.4. The van der Waals surface area contributed by atoms with Crippen molar-refractivity contribution in [3.05, 3.63) is 94.0 Å². The quantitative estimate of drug-likeness (QED) is 0.483. The van der Waals surface area contributed by atoms with Crippen LogP contribution in [0.25, 0.3) is 17.8 Å². The minimum atomic E-state index is -1.16. The fraction of sp³-hybridized carbons (Fsp3) is 0.240.